The maximum atomic E-state index is 12.7. The molecular formula is C22H21N3O3. The Balaban J connectivity index is 1.77. The highest BCUT2D eigenvalue weighted by Crippen LogP contribution is 2.19. The molecule has 2 N–H and O–H groups in total. The molecule has 0 atom stereocenters. The Hall–Kier alpha value is -3.67. The van der Waals surface area contributed by atoms with Crippen LogP contribution >= 0.6 is 0 Å². The van der Waals surface area contributed by atoms with Crippen molar-refractivity contribution in [2.75, 3.05) is 17.2 Å². The fourth-order valence-corrected chi connectivity index (χ4v) is 2.60. The molecule has 0 aliphatic carbocycles. The highest BCUT2D eigenvalue weighted by Gasteiger charge is 2.15. The Morgan fingerprint density at radius 2 is 1.79 bits per heavy atom. The van der Waals surface area contributed by atoms with Gasteiger partial charge in [0.15, 0.2) is 0 Å². The van der Waals surface area contributed by atoms with Crippen LogP contribution in [0.5, 0.6) is 0 Å². The zero-order chi connectivity index (χ0) is 19.9. The third kappa shape index (κ3) is 4.73. The molecule has 6 nitrogen and oxygen atoms in total. The zero-order valence-corrected chi connectivity index (χ0v) is 15.7. The van der Waals surface area contributed by atoms with Crippen LogP contribution in [0.25, 0.3) is 0 Å². The van der Waals surface area contributed by atoms with Gasteiger partial charge in [0, 0.05) is 17.4 Å². The molecule has 0 fully saturated rings. The van der Waals surface area contributed by atoms with E-state index in [2.05, 4.69) is 15.6 Å². The van der Waals surface area contributed by atoms with Gasteiger partial charge in [0.2, 0.25) is 0 Å². The minimum absolute atomic E-state index is 0.263. The van der Waals surface area contributed by atoms with Gasteiger partial charge in [-0.2, -0.15) is 0 Å². The van der Waals surface area contributed by atoms with Crippen molar-refractivity contribution in [2.24, 2.45) is 0 Å². The monoisotopic (exact) mass is 375 g/mol. The number of aryl methyl sites for hydroxylation is 1. The topological polar surface area (TPSA) is 80.3 Å². The van der Waals surface area contributed by atoms with E-state index in [0.717, 1.165) is 11.3 Å². The minimum atomic E-state index is -0.477. The number of esters is 1. The van der Waals surface area contributed by atoms with Crippen LogP contribution < -0.4 is 10.6 Å². The number of carbonyl (C=O) groups is 2. The molecule has 1 heterocycles. The number of ether oxygens (including phenoxy) is 1. The van der Waals surface area contributed by atoms with E-state index in [9.17, 15) is 9.59 Å². The van der Waals surface area contributed by atoms with Gasteiger partial charge in [-0.05, 0) is 50.2 Å². The number of nitrogens with one attached hydrogen (secondary N) is 2. The number of aromatic nitrogens is 1. The lowest BCUT2D eigenvalue weighted by Crippen LogP contribution is -2.16. The van der Waals surface area contributed by atoms with E-state index >= 15 is 0 Å². The number of rotatable bonds is 6. The van der Waals surface area contributed by atoms with Crippen LogP contribution in [0.15, 0.2) is 66.9 Å². The van der Waals surface area contributed by atoms with Crippen LogP contribution in [0, 0.1) is 6.92 Å². The van der Waals surface area contributed by atoms with Crippen molar-refractivity contribution in [1.82, 2.24) is 4.98 Å². The van der Waals surface area contributed by atoms with Crippen molar-refractivity contribution in [3.05, 3.63) is 83.6 Å². The summed E-state index contributed by atoms with van der Waals surface area (Å²) in [6.07, 6.45) is 1.56. The van der Waals surface area contributed by atoms with E-state index in [4.69, 9.17) is 4.74 Å². The molecule has 3 aromatic rings. The molecule has 0 unspecified atom stereocenters. The molecule has 6 heteroatoms. The molecule has 1 amide bonds. The highest BCUT2D eigenvalue weighted by molar-refractivity contribution is 6.08. The number of para-hydroxylation sites is 1. The number of hydrogen-bond donors (Lipinski definition) is 2. The van der Waals surface area contributed by atoms with Gasteiger partial charge in [0.25, 0.3) is 5.91 Å². The molecule has 0 bridgehead atoms. The van der Waals surface area contributed by atoms with E-state index in [-0.39, 0.29) is 12.5 Å². The maximum absolute atomic E-state index is 12.7. The second-order valence-corrected chi connectivity index (χ2v) is 6.14. The molecule has 0 radical (unpaired) electrons. The molecule has 3 rings (SSSR count). The summed E-state index contributed by atoms with van der Waals surface area (Å²) in [5.41, 5.74) is 3.17. The fraction of sp³-hybridized carbons (Fsp3) is 0.136. The quantitative estimate of drug-likeness (QED) is 0.617. The largest absolute Gasteiger partial charge is 0.462 e. The highest BCUT2D eigenvalue weighted by atomic mass is 16.5. The van der Waals surface area contributed by atoms with E-state index in [1.54, 1.807) is 49.5 Å². The molecule has 0 saturated carbocycles. The first kappa shape index (κ1) is 19.1. The summed E-state index contributed by atoms with van der Waals surface area (Å²) in [6.45, 7) is 4.01. The van der Waals surface area contributed by atoms with Crippen LogP contribution in [0.4, 0.5) is 17.2 Å². The number of nitrogens with zero attached hydrogens (tertiary/aromatic N) is 1. The average Bonchev–Trinajstić information content (AvgIpc) is 2.70. The zero-order valence-electron chi connectivity index (χ0n) is 15.7. The van der Waals surface area contributed by atoms with Crippen LogP contribution in [-0.4, -0.2) is 23.5 Å². The molecule has 0 aliphatic heterocycles. The molecule has 0 saturated heterocycles. The second-order valence-electron chi connectivity index (χ2n) is 6.14. The molecule has 0 aliphatic rings. The summed E-state index contributed by atoms with van der Waals surface area (Å²) in [5, 5.41) is 5.94. The first-order chi connectivity index (χ1) is 13.6. The average molecular weight is 375 g/mol. The fourth-order valence-electron chi connectivity index (χ4n) is 2.60. The number of benzene rings is 2. The number of hydrogen-bond acceptors (Lipinski definition) is 5. The van der Waals surface area contributed by atoms with Crippen molar-refractivity contribution in [3.8, 4) is 0 Å². The molecule has 142 valence electrons. The van der Waals surface area contributed by atoms with Gasteiger partial charge in [0.05, 0.1) is 17.9 Å². The maximum Gasteiger partial charge on any atom is 0.340 e. The van der Waals surface area contributed by atoms with Gasteiger partial charge in [-0.1, -0.05) is 29.8 Å². The second kappa shape index (κ2) is 8.81. The Morgan fingerprint density at radius 1 is 1.04 bits per heavy atom. The van der Waals surface area contributed by atoms with Gasteiger partial charge in [0.1, 0.15) is 5.82 Å². The molecular weight excluding hydrogens is 354 g/mol. The molecule has 2 aromatic carbocycles. The van der Waals surface area contributed by atoms with Gasteiger partial charge in [-0.25, -0.2) is 9.78 Å². The number of pyridine rings is 1. The standard InChI is InChI=1S/C22H21N3O3/c1-3-28-22(27)18-6-4-5-7-19(18)25-21(26)16-12-13-23-20(14-16)24-17-10-8-15(2)9-11-17/h4-14H,3H2,1-2H3,(H,23,24)(H,25,26). The van der Waals surface area contributed by atoms with Crippen LogP contribution in [0.1, 0.15) is 33.2 Å². The van der Waals surface area contributed by atoms with Crippen molar-refractivity contribution < 1.29 is 14.3 Å². The third-order valence-corrected chi connectivity index (χ3v) is 4.02. The summed E-state index contributed by atoms with van der Waals surface area (Å²) >= 11 is 0. The van der Waals surface area contributed by atoms with E-state index in [0.29, 0.717) is 22.6 Å². The third-order valence-electron chi connectivity index (χ3n) is 4.02. The Bertz CT molecular complexity index is 984. The van der Waals surface area contributed by atoms with Crippen molar-refractivity contribution in [1.29, 1.82) is 0 Å². The lowest BCUT2D eigenvalue weighted by Gasteiger charge is -2.11. The lowest BCUT2D eigenvalue weighted by molar-refractivity contribution is 0.0527. The molecule has 0 spiro atoms. The summed E-state index contributed by atoms with van der Waals surface area (Å²) < 4.78 is 5.04. The number of amides is 1. The summed E-state index contributed by atoms with van der Waals surface area (Å²) in [5.74, 6) is -0.267. The first-order valence-corrected chi connectivity index (χ1v) is 8.94. The summed E-state index contributed by atoms with van der Waals surface area (Å²) in [4.78, 5) is 29.0. The molecule has 28 heavy (non-hydrogen) atoms. The van der Waals surface area contributed by atoms with Crippen LogP contribution in [-0.2, 0) is 4.74 Å². The van der Waals surface area contributed by atoms with Gasteiger partial charge in [-0.3, -0.25) is 4.79 Å². The molecule has 1 aromatic heterocycles. The van der Waals surface area contributed by atoms with Gasteiger partial charge in [-0.15, -0.1) is 0 Å². The Labute approximate surface area is 163 Å². The van der Waals surface area contributed by atoms with E-state index in [1.807, 2.05) is 31.2 Å². The predicted octanol–water partition coefficient (Wildman–Crippen LogP) is 4.56. The smallest absolute Gasteiger partial charge is 0.340 e. The Morgan fingerprint density at radius 3 is 2.54 bits per heavy atom. The summed E-state index contributed by atoms with van der Waals surface area (Å²) in [6, 6.07) is 17.9. The Kier molecular flexibility index (Phi) is 6.01. The van der Waals surface area contributed by atoms with Crippen molar-refractivity contribution in [2.45, 2.75) is 13.8 Å². The SMILES string of the molecule is CCOC(=O)c1ccccc1NC(=O)c1ccnc(Nc2ccc(C)cc2)c1. The van der Waals surface area contributed by atoms with E-state index in [1.165, 1.54) is 0 Å². The van der Waals surface area contributed by atoms with Crippen molar-refractivity contribution >= 4 is 29.1 Å². The lowest BCUT2D eigenvalue weighted by atomic mass is 10.1. The van der Waals surface area contributed by atoms with Gasteiger partial charge >= 0.3 is 5.97 Å². The van der Waals surface area contributed by atoms with Crippen LogP contribution in [0.2, 0.25) is 0 Å². The predicted molar refractivity (Wildman–Crippen MR) is 109 cm³/mol. The van der Waals surface area contributed by atoms with Crippen molar-refractivity contribution in [3.63, 3.8) is 0 Å². The summed E-state index contributed by atoms with van der Waals surface area (Å²) in [7, 11) is 0. The number of carbonyl (C=O) groups excluding carboxylic acids is 2. The first-order valence-electron chi connectivity index (χ1n) is 8.94. The normalized spacial score (nSPS) is 10.2. The van der Waals surface area contributed by atoms with Crippen LogP contribution in [0.3, 0.4) is 0 Å². The minimum Gasteiger partial charge on any atom is -0.462 e. The van der Waals surface area contributed by atoms with E-state index < -0.39 is 5.97 Å². The van der Waals surface area contributed by atoms with Gasteiger partial charge < -0.3 is 15.4 Å². The number of anilines is 3.